The maximum absolute atomic E-state index is 12.6. The van der Waals surface area contributed by atoms with Crippen molar-refractivity contribution in [1.82, 2.24) is 79.4 Å². The molecule has 0 bridgehead atoms. The highest BCUT2D eigenvalue weighted by atomic mass is 19.1. The molecule has 0 unspecified atom stereocenters. The van der Waals surface area contributed by atoms with Crippen LogP contribution >= 0.6 is 0 Å². The summed E-state index contributed by atoms with van der Waals surface area (Å²) >= 11 is 0. The molecule has 3 aliphatic heterocycles. The van der Waals surface area contributed by atoms with E-state index in [1.807, 2.05) is 151 Å². The van der Waals surface area contributed by atoms with E-state index in [1.165, 1.54) is 37.5 Å². The highest BCUT2D eigenvalue weighted by Crippen LogP contribution is 2.45. The Balaban J connectivity index is 0.000000160. The third-order valence-corrected chi connectivity index (χ3v) is 21.6. The predicted octanol–water partition coefficient (Wildman–Crippen LogP) is 8.09. The minimum Gasteiger partial charge on any atom is -0.508 e. The number of rotatable bonds is 21. The number of phenols is 6. The van der Waals surface area contributed by atoms with Crippen molar-refractivity contribution in [2.45, 2.75) is 84.8 Å². The van der Waals surface area contributed by atoms with Crippen LogP contribution in [-0.4, -0.2) is 240 Å². The summed E-state index contributed by atoms with van der Waals surface area (Å²) in [6.07, 6.45) is -0.718. The maximum atomic E-state index is 12.6. The van der Waals surface area contributed by atoms with Gasteiger partial charge in [-0.3, -0.25) is 33.5 Å². The average Bonchev–Trinajstić information content (AvgIpc) is 1.60. The molecule has 4 aliphatic rings. The van der Waals surface area contributed by atoms with E-state index in [2.05, 4.69) is 68.1 Å². The number of aromatic nitrogens is 9. The summed E-state index contributed by atoms with van der Waals surface area (Å²) in [6, 6.07) is 47.8. The fourth-order valence-electron chi connectivity index (χ4n) is 15.1. The van der Waals surface area contributed by atoms with Crippen LogP contribution in [0.3, 0.4) is 0 Å². The summed E-state index contributed by atoms with van der Waals surface area (Å²) in [4.78, 5) is 93.6. The number of carboxylic acids is 1. The number of alkyl halides is 1. The van der Waals surface area contributed by atoms with Gasteiger partial charge in [-0.1, -0.05) is 126 Å². The number of piperazine rings is 3. The fourth-order valence-corrected chi connectivity index (χ4v) is 15.1. The van der Waals surface area contributed by atoms with Crippen LogP contribution < -0.4 is 39.2 Å². The van der Waals surface area contributed by atoms with Crippen molar-refractivity contribution in [3.05, 3.63) is 234 Å². The second-order valence-corrected chi connectivity index (χ2v) is 30.6. The lowest BCUT2D eigenvalue weighted by Gasteiger charge is -2.34. The Hall–Kier alpha value is -13.3. The van der Waals surface area contributed by atoms with Crippen LogP contribution in [0.5, 0.6) is 34.5 Å². The number of H-pyrrole nitrogens is 3. The van der Waals surface area contributed by atoms with Crippen molar-refractivity contribution in [3.8, 4) is 96.8 Å². The highest BCUT2D eigenvalue weighted by Gasteiger charge is 2.31. The molecule has 3 saturated heterocycles. The number of aromatic amines is 3. The summed E-state index contributed by atoms with van der Waals surface area (Å²) in [7, 11) is -1.00. The number of nitrogens with one attached hydrogen (secondary N) is 5. The molecule has 6 heterocycles. The van der Waals surface area contributed by atoms with Crippen LogP contribution in [0.2, 0.25) is 0 Å². The van der Waals surface area contributed by atoms with Gasteiger partial charge >= 0.3 is 29.1 Å². The Morgan fingerprint density at radius 1 is 0.467 bits per heavy atom. The maximum Gasteiger partial charge on any atom is 0.407 e. The highest BCUT2D eigenvalue weighted by molar-refractivity contribution is 5.81. The molecule has 11 aromatic rings. The number of amides is 3. The number of benzene rings is 8. The number of carbonyl (C=O) groups is 4. The van der Waals surface area contributed by atoms with Gasteiger partial charge in [0.1, 0.15) is 47.6 Å². The number of carbonyl (C=O) groups excluding carboxylic acids is 3. The van der Waals surface area contributed by atoms with Crippen LogP contribution in [0.15, 0.2) is 172 Å². The Kier molecular flexibility index (Phi) is 29.7. The second kappa shape index (κ2) is 41.1. The lowest BCUT2D eigenvalue weighted by molar-refractivity contribution is -0.136. The SMILES string of the molecule is CC(C)c1cc(-c2n[nH]c(=O)n2-c2ccc(CN3CCN(C(=O)CN)CC3)cc2)c(O)cc1O.CC(C)c1cc(-c2n[nH]c(=O)n2-c2ccc(CN3CCN(C(=O)CN)CC3)cc2)c(O)cc1O.CC(C)c1cc(-c2n[nH]c(=O)n2-c2ccc(CN3CCNCC3)cc2)c(O)cc1O.O=C(O)CNC(=O)OCC1c2ccccc2-c2ccccc21.[2H]CF. The number of alkyl carbamates (subject to hydrolysis) is 1. The van der Waals surface area contributed by atoms with Crippen molar-refractivity contribution < 1.29 is 65.4 Å². The number of hydrogen-bond acceptors (Lipinski definition) is 23. The lowest BCUT2D eigenvalue weighted by Crippen LogP contribution is -2.49. The Labute approximate surface area is 704 Å². The van der Waals surface area contributed by atoms with Crippen LogP contribution in [-0.2, 0) is 38.8 Å². The van der Waals surface area contributed by atoms with Crippen LogP contribution in [0, 0.1) is 0 Å². The molecule has 3 amide bonds. The number of halogens is 1. The largest absolute Gasteiger partial charge is 0.508 e. The number of fused-ring (bicyclic) bond motifs is 3. The zero-order chi connectivity index (χ0) is 88.3. The standard InChI is InChI=1S/2C24H30N6O4.C22H27N5O3.C17H15NO4.CH3F/c2*1-15(2)18-11-19(21(32)12-20(18)31)23-26-27-24(34)30(23)17-5-3-16(4-6-17)14-28-7-9-29(10-8-28)22(33)13-25;1-14(2)17-11-18(20(29)12-19(17)28)21-24-25-22(30)27(21)16-5-3-15(4-6-16)13-26-9-7-23-8-10-26;19-16(20)9-18-17(21)22-10-15-13-7-3-1-5-11(13)12-6-2-4-8-14(12)15;1-2/h2*3-6,11-12,15,31-32H,7-10,13-14,25H2,1-2H3,(H,27,34);3-6,11-12,14,23,28-29H,7-10,13H2,1-2H3,(H,25,30);1-8,15H,9-10H2,(H,18,21)(H,19,20);1H3/i;;;;1D. The van der Waals surface area contributed by atoms with Crippen LogP contribution in [0.1, 0.15) is 111 Å². The molecule has 15 rings (SSSR count). The first-order valence-electron chi connectivity index (χ1n) is 40.8. The number of hydrogen-bond donors (Lipinski definition) is 14. The molecule has 0 radical (unpaired) electrons. The summed E-state index contributed by atoms with van der Waals surface area (Å²) in [5, 5.41) is 95.6. The monoisotopic (exact) mass is 1670 g/mol. The molecule has 16 N–H and O–H groups in total. The predicted molar refractivity (Wildman–Crippen MR) is 459 cm³/mol. The summed E-state index contributed by atoms with van der Waals surface area (Å²) in [5.41, 5.74) is 22.5. The molecule has 1 aliphatic carbocycles. The molecule has 3 fully saturated rings. The number of ether oxygens (including phenoxy) is 1. The molecule has 0 spiro atoms. The van der Waals surface area contributed by atoms with Gasteiger partial charge < -0.3 is 72.4 Å². The summed E-state index contributed by atoms with van der Waals surface area (Å²) in [5.74, 6) is -0.694. The minimum atomic E-state index is -1.10. The molecule has 34 heteroatoms. The number of carboxylic acid groups (broad SMARTS) is 1. The number of aromatic hydroxyl groups is 6. The number of nitrogens with two attached hydrogens (primary N) is 2. The number of nitrogens with zero attached hydrogens (tertiary/aromatic N) is 11. The van der Waals surface area contributed by atoms with Gasteiger partial charge in [0.2, 0.25) is 11.8 Å². The number of aliphatic carboxylic acids is 1. The molecule has 3 aromatic heterocycles. The van der Waals surface area contributed by atoms with Crippen LogP contribution in [0.25, 0.3) is 62.4 Å². The van der Waals surface area contributed by atoms with Crippen molar-refractivity contribution in [2.75, 3.05) is 112 Å². The Bertz CT molecular complexity index is 5410. The minimum absolute atomic E-state index is 0.00161. The second-order valence-electron chi connectivity index (χ2n) is 30.6. The lowest BCUT2D eigenvalue weighted by atomic mass is 9.98. The molecular weight excluding hydrogens is 1570 g/mol. The zero-order valence-electron chi connectivity index (χ0n) is 69.8. The number of phenolic OH excluding ortho intramolecular Hbond substituents is 6. The molecule has 644 valence electrons. The van der Waals surface area contributed by atoms with E-state index in [0.717, 1.165) is 105 Å². The van der Waals surface area contributed by atoms with E-state index < -0.39 is 42.8 Å². The first kappa shape index (κ1) is 88.0. The summed E-state index contributed by atoms with van der Waals surface area (Å²) < 4.78 is 24.9. The quantitative estimate of drug-likeness (QED) is 0.0323. The first-order chi connectivity index (χ1) is 59.1. The molecule has 122 heavy (non-hydrogen) atoms. The van der Waals surface area contributed by atoms with Crippen molar-refractivity contribution in [2.24, 2.45) is 11.5 Å². The van der Waals surface area contributed by atoms with Crippen LogP contribution in [0.4, 0.5) is 9.18 Å². The Morgan fingerprint density at radius 2 is 0.779 bits per heavy atom. The molecule has 0 atom stereocenters. The van der Waals surface area contributed by atoms with Gasteiger partial charge in [0.25, 0.3) is 0 Å². The molecule has 8 aromatic carbocycles. The molecule has 0 saturated carbocycles. The van der Waals surface area contributed by atoms with Gasteiger partial charge in [0.05, 0.1) is 55.4 Å². The third kappa shape index (κ3) is 21.5. The van der Waals surface area contributed by atoms with Crippen molar-refractivity contribution in [3.63, 3.8) is 0 Å². The first-order valence-corrected chi connectivity index (χ1v) is 40.1. The fraction of sp³-hybridized carbons (Fsp3) is 0.341. The van der Waals surface area contributed by atoms with Gasteiger partial charge in [0.15, 0.2) is 17.5 Å². The van der Waals surface area contributed by atoms with Gasteiger partial charge in [0, 0.05) is 122 Å². The van der Waals surface area contributed by atoms with Gasteiger partial charge in [-0.15, -0.1) is 0 Å². The van der Waals surface area contributed by atoms with Crippen molar-refractivity contribution >= 4 is 23.9 Å². The Morgan fingerprint density at radius 3 is 1.08 bits per heavy atom. The van der Waals surface area contributed by atoms with E-state index in [4.69, 9.17) is 22.7 Å². The topological polar surface area (TPSA) is 463 Å². The summed E-state index contributed by atoms with van der Waals surface area (Å²) in [6.45, 7) is 23.6. The molecule has 33 nitrogen and oxygen atoms in total. The average molecular weight is 1670 g/mol. The van der Waals surface area contributed by atoms with Gasteiger partial charge in [-0.05, 0) is 128 Å². The zero-order valence-corrected chi connectivity index (χ0v) is 68.8. The van der Waals surface area contributed by atoms with Gasteiger partial charge in [-0.25, -0.2) is 48.2 Å². The van der Waals surface area contributed by atoms with E-state index in [-0.39, 0.29) is 101 Å². The van der Waals surface area contributed by atoms with Crippen molar-refractivity contribution in [1.29, 1.82) is 0 Å². The van der Waals surface area contributed by atoms with E-state index in [1.54, 1.807) is 28.0 Å². The molecular formula is C88H105FN18O15. The normalized spacial score (nSPS) is 14.2. The van der Waals surface area contributed by atoms with E-state index in [0.29, 0.717) is 82.4 Å². The van der Waals surface area contributed by atoms with E-state index in [9.17, 15) is 68.6 Å². The van der Waals surface area contributed by atoms with E-state index >= 15 is 0 Å². The third-order valence-electron chi connectivity index (χ3n) is 21.6. The smallest absolute Gasteiger partial charge is 0.407 e. The van der Waals surface area contributed by atoms with Gasteiger partial charge in [-0.2, -0.15) is 15.3 Å².